The van der Waals surface area contributed by atoms with Crippen LogP contribution in [-0.4, -0.2) is 12.5 Å². The van der Waals surface area contributed by atoms with Crippen LogP contribution in [0.4, 0.5) is 0 Å². The van der Waals surface area contributed by atoms with Crippen LogP contribution in [0, 0.1) is 16.7 Å². The molecular weight excluding hydrogens is 290 g/mol. The Labute approximate surface area is 117 Å². The highest BCUT2D eigenvalue weighted by Gasteiger charge is 2.64. The van der Waals surface area contributed by atoms with Gasteiger partial charge in [0.05, 0.1) is 0 Å². The lowest BCUT2D eigenvalue weighted by Gasteiger charge is -2.06. The Balaban J connectivity index is 1.92. The maximum atomic E-state index is 12.0. The molecule has 0 aliphatic heterocycles. The van der Waals surface area contributed by atoms with Crippen LogP contribution in [0.25, 0.3) is 0 Å². The highest BCUT2D eigenvalue weighted by atomic mass is 79.9. The molecule has 2 nitrogen and oxygen atoms in total. The Kier molecular flexibility index (Phi) is 3.30. The molecule has 1 N–H and O–H groups in total. The summed E-state index contributed by atoms with van der Waals surface area (Å²) >= 11 is 3.36. The predicted octanol–water partition coefficient (Wildman–Crippen LogP) is 3.86. The first-order valence-electron chi connectivity index (χ1n) is 6.30. The van der Waals surface area contributed by atoms with Gasteiger partial charge in [0.15, 0.2) is 0 Å². The zero-order valence-corrected chi connectivity index (χ0v) is 13.0. The van der Waals surface area contributed by atoms with Gasteiger partial charge in [-0.25, -0.2) is 0 Å². The van der Waals surface area contributed by atoms with Crippen molar-refractivity contribution in [2.24, 2.45) is 16.7 Å². The van der Waals surface area contributed by atoms with Gasteiger partial charge in [-0.2, -0.15) is 0 Å². The summed E-state index contributed by atoms with van der Waals surface area (Å²) < 4.78 is 0.989. The summed E-state index contributed by atoms with van der Waals surface area (Å²) in [6, 6.07) is 7.45. The third-order valence-electron chi connectivity index (χ3n) is 4.89. The van der Waals surface area contributed by atoms with Crippen molar-refractivity contribution in [1.29, 1.82) is 0 Å². The van der Waals surface area contributed by atoms with Crippen molar-refractivity contribution in [2.45, 2.75) is 27.7 Å². The molecule has 0 unspecified atom stereocenters. The fourth-order valence-electron chi connectivity index (χ4n) is 2.74. The van der Waals surface area contributed by atoms with Gasteiger partial charge in [-0.05, 0) is 41.0 Å². The first-order chi connectivity index (χ1) is 8.26. The SMILES string of the molecule is CC1(C)C(CNC(=O)c2ccc(Br)cc2)C1(C)C. The van der Waals surface area contributed by atoms with E-state index in [1.165, 1.54) is 0 Å². The second kappa shape index (κ2) is 4.37. The number of nitrogens with one attached hydrogen (secondary N) is 1. The molecule has 0 heterocycles. The second-order valence-corrected chi connectivity index (χ2v) is 7.13. The first-order valence-corrected chi connectivity index (χ1v) is 7.10. The van der Waals surface area contributed by atoms with Crippen LogP contribution < -0.4 is 5.32 Å². The Morgan fingerprint density at radius 3 is 2.11 bits per heavy atom. The Morgan fingerprint density at radius 2 is 1.67 bits per heavy atom. The third-order valence-corrected chi connectivity index (χ3v) is 5.42. The molecule has 1 aromatic carbocycles. The summed E-state index contributed by atoms with van der Waals surface area (Å²) in [5, 5.41) is 3.04. The van der Waals surface area contributed by atoms with Crippen LogP contribution in [0.15, 0.2) is 28.7 Å². The lowest BCUT2D eigenvalue weighted by atomic mass is 10.0. The number of carbonyl (C=O) groups is 1. The topological polar surface area (TPSA) is 29.1 Å². The van der Waals surface area contributed by atoms with Crippen molar-refractivity contribution in [3.63, 3.8) is 0 Å². The number of hydrogen-bond donors (Lipinski definition) is 1. The first kappa shape index (κ1) is 13.6. The van der Waals surface area contributed by atoms with Crippen molar-refractivity contribution >= 4 is 21.8 Å². The number of hydrogen-bond acceptors (Lipinski definition) is 1. The van der Waals surface area contributed by atoms with Gasteiger partial charge in [0.1, 0.15) is 0 Å². The zero-order chi connectivity index (χ0) is 13.6. The van der Waals surface area contributed by atoms with E-state index in [1.54, 1.807) is 0 Å². The Hall–Kier alpha value is -0.830. The minimum atomic E-state index is 0.0148. The summed E-state index contributed by atoms with van der Waals surface area (Å²) in [4.78, 5) is 12.0. The summed E-state index contributed by atoms with van der Waals surface area (Å²) in [6.07, 6.45) is 0. The van der Waals surface area contributed by atoms with Crippen LogP contribution in [0.3, 0.4) is 0 Å². The summed E-state index contributed by atoms with van der Waals surface area (Å²) in [5.41, 5.74) is 1.36. The summed E-state index contributed by atoms with van der Waals surface area (Å²) in [7, 11) is 0. The quantitative estimate of drug-likeness (QED) is 0.902. The monoisotopic (exact) mass is 309 g/mol. The van der Waals surface area contributed by atoms with Gasteiger partial charge in [-0.1, -0.05) is 43.6 Å². The lowest BCUT2D eigenvalue weighted by Crippen LogP contribution is -2.27. The Bertz CT molecular complexity index is 448. The average molecular weight is 310 g/mol. The van der Waals surface area contributed by atoms with Gasteiger partial charge in [0, 0.05) is 16.6 Å². The van der Waals surface area contributed by atoms with Crippen LogP contribution in [0.1, 0.15) is 38.1 Å². The molecule has 2 rings (SSSR count). The van der Waals surface area contributed by atoms with E-state index in [0.717, 1.165) is 16.6 Å². The van der Waals surface area contributed by atoms with Gasteiger partial charge in [0.25, 0.3) is 5.91 Å². The third kappa shape index (κ3) is 2.20. The minimum absolute atomic E-state index is 0.0148. The highest BCUT2D eigenvalue weighted by Crippen LogP contribution is 2.67. The number of carbonyl (C=O) groups excluding carboxylic acids is 1. The molecule has 1 amide bonds. The number of amides is 1. The molecule has 1 aromatic rings. The fraction of sp³-hybridized carbons (Fsp3) is 0.533. The van der Waals surface area contributed by atoms with Crippen LogP contribution in [0.2, 0.25) is 0 Å². The van der Waals surface area contributed by atoms with E-state index < -0.39 is 0 Å². The standard InChI is InChI=1S/C15H20BrNO/c1-14(2)12(15(14,3)4)9-17-13(18)10-5-7-11(16)8-6-10/h5-8,12H,9H2,1-4H3,(H,17,18). The molecule has 1 fully saturated rings. The smallest absolute Gasteiger partial charge is 0.251 e. The number of halogens is 1. The van der Waals surface area contributed by atoms with E-state index in [9.17, 15) is 4.79 Å². The van der Waals surface area contributed by atoms with Crippen molar-refractivity contribution in [1.82, 2.24) is 5.32 Å². The lowest BCUT2D eigenvalue weighted by molar-refractivity contribution is 0.0950. The van der Waals surface area contributed by atoms with Gasteiger partial charge in [-0.15, -0.1) is 0 Å². The van der Waals surface area contributed by atoms with Gasteiger partial charge < -0.3 is 5.32 Å². The molecule has 18 heavy (non-hydrogen) atoms. The van der Waals surface area contributed by atoms with E-state index in [4.69, 9.17) is 0 Å². The zero-order valence-electron chi connectivity index (χ0n) is 11.4. The van der Waals surface area contributed by atoms with Gasteiger partial charge >= 0.3 is 0 Å². The van der Waals surface area contributed by atoms with E-state index >= 15 is 0 Å². The molecule has 1 saturated carbocycles. The molecule has 1 aliphatic rings. The molecular formula is C15H20BrNO. The van der Waals surface area contributed by atoms with Crippen molar-refractivity contribution in [3.05, 3.63) is 34.3 Å². The number of rotatable bonds is 3. The summed E-state index contributed by atoms with van der Waals surface area (Å²) in [6.45, 7) is 9.83. The molecule has 0 aromatic heterocycles. The molecule has 3 heteroatoms. The van der Waals surface area contributed by atoms with E-state index in [2.05, 4.69) is 48.9 Å². The largest absolute Gasteiger partial charge is 0.352 e. The highest BCUT2D eigenvalue weighted by molar-refractivity contribution is 9.10. The van der Waals surface area contributed by atoms with Crippen molar-refractivity contribution in [3.8, 4) is 0 Å². The molecule has 0 atom stereocenters. The molecule has 0 bridgehead atoms. The molecule has 0 radical (unpaired) electrons. The average Bonchev–Trinajstić information content (AvgIpc) is 2.67. The van der Waals surface area contributed by atoms with Crippen LogP contribution >= 0.6 is 15.9 Å². The van der Waals surface area contributed by atoms with E-state index in [0.29, 0.717) is 16.7 Å². The van der Waals surface area contributed by atoms with Gasteiger partial charge in [0.2, 0.25) is 0 Å². The molecule has 1 aliphatic carbocycles. The normalized spacial score (nSPS) is 20.5. The minimum Gasteiger partial charge on any atom is -0.352 e. The van der Waals surface area contributed by atoms with Crippen molar-refractivity contribution < 1.29 is 4.79 Å². The maximum Gasteiger partial charge on any atom is 0.251 e. The predicted molar refractivity (Wildman–Crippen MR) is 77.5 cm³/mol. The van der Waals surface area contributed by atoms with Crippen molar-refractivity contribution in [2.75, 3.05) is 6.54 Å². The number of benzene rings is 1. The van der Waals surface area contributed by atoms with E-state index in [1.807, 2.05) is 24.3 Å². The molecule has 98 valence electrons. The maximum absolute atomic E-state index is 12.0. The van der Waals surface area contributed by atoms with Crippen LogP contribution in [0.5, 0.6) is 0 Å². The fourth-order valence-corrected chi connectivity index (χ4v) is 3.01. The Morgan fingerprint density at radius 1 is 1.17 bits per heavy atom. The second-order valence-electron chi connectivity index (χ2n) is 6.21. The summed E-state index contributed by atoms with van der Waals surface area (Å²) in [5.74, 6) is 0.574. The molecule has 0 spiro atoms. The molecule has 0 saturated heterocycles. The van der Waals surface area contributed by atoms with E-state index in [-0.39, 0.29) is 5.91 Å². The van der Waals surface area contributed by atoms with Crippen LogP contribution in [-0.2, 0) is 0 Å². The van der Waals surface area contributed by atoms with Gasteiger partial charge in [-0.3, -0.25) is 4.79 Å².